The number of nitrogen functional groups attached to an aromatic ring is 1. The number of anilines is 1. The van der Waals surface area contributed by atoms with Gasteiger partial charge in [0.05, 0.1) is 12.6 Å². The van der Waals surface area contributed by atoms with Crippen molar-refractivity contribution >= 4 is 28.5 Å². The first kappa shape index (κ1) is 14.0. The summed E-state index contributed by atoms with van der Waals surface area (Å²) in [6.07, 6.45) is 2.14. The Kier molecular flexibility index (Phi) is 4.20. The summed E-state index contributed by atoms with van der Waals surface area (Å²) >= 11 is 1.88. The number of nitrogens with two attached hydrogens (primary N) is 1. The lowest BCUT2D eigenvalue weighted by Gasteiger charge is -2.18. The summed E-state index contributed by atoms with van der Waals surface area (Å²) in [6, 6.07) is 8.31. The molecule has 0 saturated heterocycles. The van der Waals surface area contributed by atoms with Crippen LogP contribution in [0.4, 0.5) is 5.82 Å². The van der Waals surface area contributed by atoms with Gasteiger partial charge in [-0.05, 0) is 29.9 Å². The zero-order chi connectivity index (χ0) is 14.0. The number of methoxy groups -OCH3 is 1. The van der Waals surface area contributed by atoms with Crippen LogP contribution < -0.4 is 10.5 Å². The van der Waals surface area contributed by atoms with E-state index in [-0.39, 0.29) is 0 Å². The molecule has 1 aromatic heterocycles. The number of thioether (sulfide) groups is 1. The zero-order valence-electron chi connectivity index (χ0n) is 11.8. The minimum absolute atomic E-state index is 0.442. The molecule has 0 radical (unpaired) electrons. The van der Waals surface area contributed by atoms with Crippen molar-refractivity contribution in [2.75, 3.05) is 19.1 Å². The summed E-state index contributed by atoms with van der Waals surface area (Å²) in [5, 5.41) is 1.63. The van der Waals surface area contributed by atoms with E-state index in [2.05, 4.69) is 43.3 Å². The quantitative estimate of drug-likeness (QED) is 0.925. The van der Waals surface area contributed by atoms with Crippen LogP contribution in [0.3, 0.4) is 0 Å². The van der Waals surface area contributed by atoms with Gasteiger partial charge in [0.1, 0.15) is 0 Å². The van der Waals surface area contributed by atoms with Gasteiger partial charge in [0.15, 0.2) is 11.6 Å². The molecule has 3 nitrogen and oxygen atoms in total. The van der Waals surface area contributed by atoms with E-state index in [0.29, 0.717) is 22.7 Å². The van der Waals surface area contributed by atoms with Crippen molar-refractivity contribution < 1.29 is 4.74 Å². The number of ether oxygens (including phenoxy) is 1. The van der Waals surface area contributed by atoms with Crippen LogP contribution in [0.2, 0.25) is 0 Å². The molecule has 0 aliphatic heterocycles. The van der Waals surface area contributed by atoms with Crippen LogP contribution in [-0.2, 0) is 0 Å². The van der Waals surface area contributed by atoms with E-state index in [4.69, 9.17) is 10.5 Å². The van der Waals surface area contributed by atoms with E-state index in [1.807, 2.05) is 17.8 Å². The topological polar surface area (TPSA) is 48.1 Å². The molecule has 0 amide bonds. The molecule has 4 heteroatoms. The summed E-state index contributed by atoms with van der Waals surface area (Å²) in [7, 11) is 1.61. The van der Waals surface area contributed by atoms with Gasteiger partial charge in [0.2, 0.25) is 0 Å². The second-order valence-electron chi connectivity index (χ2n) is 4.76. The lowest BCUT2D eigenvalue weighted by atomic mass is 9.97. The first-order chi connectivity index (χ1) is 9.06. The van der Waals surface area contributed by atoms with Crippen LogP contribution >= 0.6 is 11.8 Å². The van der Waals surface area contributed by atoms with Crippen LogP contribution in [0.5, 0.6) is 5.75 Å². The van der Waals surface area contributed by atoms with Crippen LogP contribution in [0.1, 0.15) is 25.3 Å². The molecule has 0 spiro atoms. The Hall–Kier alpha value is -1.42. The van der Waals surface area contributed by atoms with Gasteiger partial charge in [0, 0.05) is 10.6 Å². The molecule has 102 valence electrons. The molecule has 0 fully saturated rings. The van der Waals surface area contributed by atoms with E-state index >= 15 is 0 Å². The minimum atomic E-state index is 0.442. The van der Waals surface area contributed by atoms with Gasteiger partial charge < -0.3 is 10.5 Å². The highest BCUT2D eigenvalue weighted by Crippen LogP contribution is 2.30. The van der Waals surface area contributed by atoms with Gasteiger partial charge in [-0.2, -0.15) is 11.8 Å². The van der Waals surface area contributed by atoms with E-state index in [9.17, 15) is 0 Å². The first-order valence-electron chi connectivity index (χ1n) is 6.33. The second kappa shape index (κ2) is 5.70. The van der Waals surface area contributed by atoms with Crippen molar-refractivity contribution in [2.24, 2.45) is 0 Å². The molecule has 1 aromatic carbocycles. The summed E-state index contributed by atoms with van der Waals surface area (Å²) in [5.74, 6) is 1.56. The standard InChI is InChI=1S/C15H20N2OS/c1-9(10(2)19-4)11-5-6-12-8-14(18-3)15(16)17-13(12)7-11/h5-10H,1-4H3,(H2,16,17). The third kappa shape index (κ3) is 2.78. The molecule has 0 saturated carbocycles. The molecule has 0 bridgehead atoms. The Morgan fingerprint density at radius 2 is 2.00 bits per heavy atom. The average molecular weight is 276 g/mol. The number of hydrogen-bond donors (Lipinski definition) is 1. The smallest absolute Gasteiger partial charge is 0.166 e. The van der Waals surface area contributed by atoms with E-state index in [1.165, 1.54) is 5.56 Å². The van der Waals surface area contributed by atoms with Gasteiger partial charge in [-0.25, -0.2) is 4.98 Å². The first-order valence-corrected chi connectivity index (χ1v) is 7.62. The van der Waals surface area contributed by atoms with Crippen LogP contribution in [0, 0.1) is 0 Å². The third-order valence-electron chi connectivity index (χ3n) is 3.66. The monoisotopic (exact) mass is 276 g/mol. The Morgan fingerprint density at radius 3 is 2.63 bits per heavy atom. The molecule has 19 heavy (non-hydrogen) atoms. The fraction of sp³-hybridized carbons (Fsp3) is 0.400. The fourth-order valence-corrected chi connectivity index (χ4v) is 2.67. The Morgan fingerprint density at radius 1 is 1.26 bits per heavy atom. The normalized spacial score (nSPS) is 14.3. The number of nitrogens with zero attached hydrogens (tertiary/aromatic N) is 1. The molecule has 0 aliphatic carbocycles. The molecule has 2 aromatic rings. The SMILES string of the molecule is COc1cc2ccc(C(C)C(C)SC)cc2nc1N. The molecule has 1 heterocycles. The molecular weight excluding hydrogens is 256 g/mol. The molecule has 0 aliphatic rings. The molecule has 2 rings (SSSR count). The van der Waals surface area contributed by atoms with E-state index < -0.39 is 0 Å². The maximum absolute atomic E-state index is 5.87. The Labute approximate surface area is 118 Å². The predicted octanol–water partition coefficient (Wildman–Crippen LogP) is 3.68. The van der Waals surface area contributed by atoms with E-state index in [1.54, 1.807) is 7.11 Å². The maximum Gasteiger partial charge on any atom is 0.166 e. The minimum Gasteiger partial charge on any atom is -0.493 e. The fourth-order valence-electron chi connectivity index (χ4n) is 2.10. The molecule has 2 N–H and O–H groups in total. The summed E-state index contributed by atoms with van der Waals surface area (Å²) in [6.45, 7) is 4.49. The molecule has 2 atom stereocenters. The van der Waals surface area contributed by atoms with Gasteiger partial charge in [0.25, 0.3) is 0 Å². The largest absolute Gasteiger partial charge is 0.493 e. The number of pyridine rings is 1. The van der Waals surface area contributed by atoms with Crippen molar-refractivity contribution in [3.63, 3.8) is 0 Å². The highest BCUT2D eigenvalue weighted by atomic mass is 32.2. The molecular formula is C15H20N2OS. The summed E-state index contributed by atoms with van der Waals surface area (Å²) in [5.41, 5.74) is 8.09. The Balaban J connectivity index is 2.46. The van der Waals surface area contributed by atoms with Crippen LogP contribution in [0.15, 0.2) is 24.3 Å². The number of aromatic nitrogens is 1. The van der Waals surface area contributed by atoms with Gasteiger partial charge >= 0.3 is 0 Å². The number of hydrogen-bond acceptors (Lipinski definition) is 4. The van der Waals surface area contributed by atoms with Crippen LogP contribution in [-0.4, -0.2) is 23.6 Å². The predicted molar refractivity (Wildman–Crippen MR) is 84.1 cm³/mol. The second-order valence-corrected chi connectivity index (χ2v) is 5.97. The van der Waals surface area contributed by atoms with Crippen molar-refractivity contribution in [1.29, 1.82) is 0 Å². The van der Waals surface area contributed by atoms with Crippen molar-refractivity contribution in [3.05, 3.63) is 29.8 Å². The van der Waals surface area contributed by atoms with Crippen molar-refractivity contribution in [3.8, 4) is 5.75 Å². The van der Waals surface area contributed by atoms with Gasteiger partial charge in [-0.3, -0.25) is 0 Å². The summed E-state index contributed by atoms with van der Waals surface area (Å²) in [4.78, 5) is 4.42. The third-order valence-corrected chi connectivity index (χ3v) is 4.81. The number of fused-ring (bicyclic) bond motifs is 1. The molecule has 2 unspecified atom stereocenters. The lowest BCUT2D eigenvalue weighted by Crippen LogP contribution is -2.07. The van der Waals surface area contributed by atoms with Crippen LogP contribution in [0.25, 0.3) is 10.9 Å². The highest BCUT2D eigenvalue weighted by molar-refractivity contribution is 7.99. The highest BCUT2D eigenvalue weighted by Gasteiger charge is 2.14. The Bertz CT molecular complexity index is 586. The van der Waals surface area contributed by atoms with Crippen molar-refractivity contribution in [1.82, 2.24) is 4.98 Å². The zero-order valence-corrected chi connectivity index (χ0v) is 12.6. The number of benzene rings is 1. The maximum atomic E-state index is 5.87. The van der Waals surface area contributed by atoms with Crippen molar-refractivity contribution in [2.45, 2.75) is 25.0 Å². The van der Waals surface area contributed by atoms with E-state index in [0.717, 1.165) is 10.9 Å². The lowest BCUT2D eigenvalue weighted by molar-refractivity contribution is 0.416. The van der Waals surface area contributed by atoms with Gasteiger partial charge in [-0.15, -0.1) is 0 Å². The number of rotatable bonds is 4. The summed E-state index contributed by atoms with van der Waals surface area (Å²) < 4.78 is 5.20. The average Bonchev–Trinajstić information content (AvgIpc) is 2.44. The van der Waals surface area contributed by atoms with Gasteiger partial charge in [-0.1, -0.05) is 26.0 Å².